The molecule has 1 heterocycles. The molecule has 5 nitrogen and oxygen atoms in total. The van der Waals surface area contributed by atoms with E-state index in [4.69, 9.17) is 44.6 Å². The fourth-order valence-corrected chi connectivity index (χ4v) is 2.81. The second kappa shape index (κ2) is 8.08. The zero-order valence-corrected chi connectivity index (χ0v) is 15.5. The number of anilines is 1. The second-order valence-electron chi connectivity index (χ2n) is 5.40. The second-order valence-corrected chi connectivity index (χ2v) is 6.56. The summed E-state index contributed by atoms with van der Waals surface area (Å²) in [6.07, 6.45) is 0. The summed E-state index contributed by atoms with van der Waals surface area (Å²) >= 11 is 18.2. The maximum Gasteiger partial charge on any atom is 0.322 e. The lowest BCUT2D eigenvalue weighted by Crippen LogP contribution is -2.14. The first-order chi connectivity index (χ1) is 11.7. The zero-order valence-electron chi connectivity index (χ0n) is 13.2. The van der Waals surface area contributed by atoms with E-state index in [0.717, 1.165) is 5.56 Å². The lowest BCUT2D eigenvalue weighted by atomic mass is 10.0. The fraction of sp³-hybridized carbons (Fsp3) is 0.250. The van der Waals surface area contributed by atoms with E-state index >= 15 is 0 Å². The number of rotatable bonds is 6. The number of carboxylic acids is 1. The molecule has 1 aromatic carbocycles. The number of ether oxygens (including phenoxy) is 1. The van der Waals surface area contributed by atoms with E-state index in [1.807, 2.05) is 13.8 Å². The van der Waals surface area contributed by atoms with E-state index in [0.29, 0.717) is 10.8 Å². The van der Waals surface area contributed by atoms with Crippen molar-refractivity contribution in [3.63, 3.8) is 0 Å². The topological polar surface area (TPSA) is 71.5 Å². The van der Waals surface area contributed by atoms with Crippen LogP contribution in [0, 0.1) is 5.95 Å². The third-order valence-corrected chi connectivity index (χ3v) is 4.24. The third kappa shape index (κ3) is 4.66. The first-order valence-corrected chi connectivity index (χ1v) is 8.31. The first kappa shape index (κ1) is 19.6. The highest BCUT2D eigenvalue weighted by molar-refractivity contribution is 6.38. The molecule has 0 spiro atoms. The quantitative estimate of drug-likeness (QED) is 0.610. The fourth-order valence-electron chi connectivity index (χ4n) is 2.01. The van der Waals surface area contributed by atoms with Crippen molar-refractivity contribution < 1.29 is 19.0 Å². The molecule has 0 bridgehead atoms. The van der Waals surface area contributed by atoms with Gasteiger partial charge in [0.25, 0.3) is 0 Å². The number of carbonyl (C=O) groups is 1. The Bertz CT molecular complexity index is 816. The van der Waals surface area contributed by atoms with Gasteiger partial charge in [0.2, 0.25) is 5.95 Å². The number of carboxylic acid groups (broad SMARTS) is 1. The molecule has 2 aromatic rings. The highest BCUT2D eigenvalue weighted by Crippen LogP contribution is 2.42. The molecule has 9 heteroatoms. The van der Waals surface area contributed by atoms with E-state index in [1.165, 1.54) is 0 Å². The summed E-state index contributed by atoms with van der Waals surface area (Å²) in [5, 5.41) is 11.1. The molecular weight excluding hydrogens is 394 g/mol. The van der Waals surface area contributed by atoms with Gasteiger partial charge in [0, 0.05) is 5.02 Å². The molecule has 0 aliphatic carbocycles. The Labute approximate surface area is 158 Å². The van der Waals surface area contributed by atoms with Gasteiger partial charge in [-0.2, -0.15) is 9.37 Å². The third-order valence-electron chi connectivity index (χ3n) is 3.21. The standard InChI is InChI=1S/C16H14Cl3FN2O3/c1-7(2)9-5-8(3-4-10(9)17)25-14-12(18)15(20)22-16(13(14)19)21-6-11(23)24/h3-5,7H,6H2,1-2H3,(H,21,22)(H,23,24). The largest absolute Gasteiger partial charge is 0.480 e. The summed E-state index contributed by atoms with van der Waals surface area (Å²) in [5.41, 5.74) is 0.838. The van der Waals surface area contributed by atoms with E-state index in [1.54, 1.807) is 18.2 Å². The Morgan fingerprint density at radius 1 is 1.32 bits per heavy atom. The normalized spacial score (nSPS) is 10.8. The molecule has 0 aliphatic heterocycles. The summed E-state index contributed by atoms with van der Waals surface area (Å²) < 4.78 is 19.6. The Hall–Kier alpha value is -1.76. The van der Waals surface area contributed by atoms with Gasteiger partial charge in [0.05, 0.1) is 0 Å². The number of aliphatic carboxylic acids is 1. The van der Waals surface area contributed by atoms with Crippen LogP contribution in [0.5, 0.6) is 11.5 Å². The van der Waals surface area contributed by atoms with Crippen LogP contribution in [0.2, 0.25) is 15.1 Å². The van der Waals surface area contributed by atoms with Crippen LogP contribution in [-0.2, 0) is 4.79 Å². The number of hydrogen-bond donors (Lipinski definition) is 2. The van der Waals surface area contributed by atoms with E-state index < -0.39 is 23.5 Å². The average molecular weight is 408 g/mol. The number of nitrogens with zero attached hydrogens (tertiary/aromatic N) is 1. The van der Waals surface area contributed by atoms with Crippen molar-refractivity contribution in [1.29, 1.82) is 0 Å². The van der Waals surface area contributed by atoms with Gasteiger partial charge in [-0.3, -0.25) is 4.79 Å². The molecule has 0 atom stereocenters. The van der Waals surface area contributed by atoms with Crippen LogP contribution < -0.4 is 10.1 Å². The van der Waals surface area contributed by atoms with Crippen molar-refractivity contribution in [3.8, 4) is 11.5 Å². The van der Waals surface area contributed by atoms with Gasteiger partial charge in [0.15, 0.2) is 11.6 Å². The summed E-state index contributed by atoms with van der Waals surface area (Å²) in [6.45, 7) is 3.43. The average Bonchev–Trinajstić information content (AvgIpc) is 2.54. The monoisotopic (exact) mass is 406 g/mol. The molecule has 134 valence electrons. The van der Waals surface area contributed by atoms with Crippen LogP contribution in [-0.4, -0.2) is 22.6 Å². The Morgan fingerprint density at radius 3 is 2.60 bits per heavy atom. The minimum Gasteiger partial charge on any atom is -0.480 e. The lowest BCUT2D eigenvalue weighted by molar-refractivity contribution is -0.134. The molecule has 2 N–H and O–H groups in total. The SMILES string of the molecule is CC(C)c1cc(Oc2c(Cl)c(F)nc(NCC(=O)O)c2Cl)ccc1Cl. The van der Waals surface area contributed by atoms with Gasteiger partial charge in [-0.25, -0.2) is 0 Å². The van der Waals surface area contributed by atoms with Crippen molar-refractivity contribution in [2.45, 2.75) is 19.8 Å². The number of aromatic nitrogens is 1. The summed E-state index contributed by atoms with van der Waals surface area (Å²) in [7, 11) is 0. The molecule has 0 saturated carbocycles. The minimum absolute atomic E-state index is 0.131. The van der Waals surface area contributed by atoms with Crippen molar-refractivity contribution >= 4 is 46.6 Å². The van der Waals surface area contributed by atoms with Crippen LogP contribution in [0.25, 0.3) is 0 Å². The Balaban J connectivity index is 2.42. The number of halogens is 4. The van der Waals surface area contributed by atoms with Gasteiger partial charge in [-0.15, -0.1) is 0 Å². The van der Waals surface area contributed by atoms with Gasteiger partial charge in [0.1, 0.15) is 22.3 Å². The Morgan fingerprint density at radius 2 is 2.00 bits per heavy atom. The van der Waals surface area contributed by atoms with Crippen molar-refractivity contribution in [3.05, 3.63) is 44.8 Å². The number of benzene rings is 1. The zero-order chi connectivity index (χ0) is 18.7. The molecule has 1 aromatic heterocycles. The summed E-state index contributed by atoms with van der Waals surface area (Å²) in [5.74, 6) is -2.04. The smallest absolute Gasteiger partial charge is 0.322 e. The van der Waals surface area contributed by atoms with Gasteiger partial charge in [-0.05, 0) is 29.7 Å². The molecule has 0 fully saturated rings. The molecule has 0 radical (unpaired) electrons. The van der Waals surface area contributed by atoms with Crippen LogP contribution >= 0.6 is 34.8 Å². The van der Waals surface area contributed by atoms with Gasteiger partial charge in [-0.1, -0.05) is 48.7 Å². The predicted molar refractivity (Wildman–Crippen MR) is 96.0 cm³/mol. The molecule has 0 aliphatic rings. The van der Waals surface area contributed by atoms with E-state index in [9.17, 15) is 9.18 Å². The molecule has 0 unspecified atom stereocenters. The van der Waals surface area contributed by atoms with Crippen LogP contribution in [0.3, 0.4) is 0 Å². The van der Waals surface area contributed by atoms with Crippen LogP contribution in [0.1, 0.15) is 25.3 Å². The predicted octanol–water partition coefficient (Wildman–Crippen LogP) is 5.59. The lowest BCUT2D eigenvalue weighted by Gasteiger charge is -2.15. The van der Waals surface area contributed by atoms with Crippen molar-refractivity contribution in [2.24, 2.45) is 0 Å². The molecule has 25 heavy (non-hydrogen) atoms. The highest BCUT2D eigenvalue weighted by atomic mass is 35.5. The van der Waals surface area contributed by atoms with Crippen LogP contribution in [0.4, 0.5) is 10.2 Å². The molecule has 2 rings (SSSR count). The molecule has 0 amide bonds. The number of nitrogens with one attached hydrogen (secondary N) is 1. The van der Waals surface area contributed by atoms with Crippen LogP contribution in [0.15, 0.2) is 18.2 Å². The molecule has 0 saturated heterocycles. The van der Waals surface area contributed by atoms with E-state index in [-0.39, 0.29) is 22.5 Å². The van der Waals surface area contributed by atoms with Crippen molar-refractivity contribution in [1.82, 2.24) is 4.98 Å². The Kier molecular flexibility index (Phi) is 6.32. The van der Waals surface area contributed by atoms with E-state index in [2.05, 4.69) is 10.3 Å². The first-order valence-electron chi connectivity index (χ1n) is 7.18. The van der Waals surface area contributed by atoms with Crippen molar-refractivity contribution in [2.75, 3.05) is 11.9 Å². The minimum atomic E-state index is -1.16. The summed E-state index contributed by atoms with van der Waals surface area (Å²) in [6, 6.07) is 4.93. The number of hydrogen-bond acceptors (Lipinski definition) is 4. The maximum absolute atomic E-state index is 13.9. The summed E-state index contributed by atoms with van der Waals surface area (Å²) in [4.78, 5) is 14.1. The van der Waals surface area contributed by atoms with Gasteiger partial charge < -0.3 is 15.2 Å². The molecular formula is C16H14Cl3FN2O3. The maximum atomic E-state index is 13.9. The number of pyridine rings is 1. The highest BCUT2D eigenvalue weighted by Gasteiger charge is 2.20. The van der Waals surface area contributed by atoms with Gasteiger partial charge >= 0.3 is 5.97 Å².